The number of hydrogen-bond acceptors (Lipinski definition) is 2. The first-order chi connectivity index (χ1) is 7.27. The number of benzene rings is 1. The third-order valence-corrected chi connectivity index (χ3v) is 3.40. The van der Waals surface area contributed by atoms with Crippen molar-refractivity contribution in [2.75, 3.05) is 11.5 Å². The summed E-state index contributed by atoms with van der Waals surface area (Å²) < 4.78 is 0. The van der Waals surface area contributed by atoms with Gasteiger partial charge in [-0.05, 0) is 30.2 Å². The van der Waals surface area contributed by atoms with Gasteiger partial charge in [-0.25, -0.2) is 0 Å². The van der Waals surface area contributed by atoms with Crippen LogP contribution < -0.4 is 0 Å². The number of carbonyl (C=O) groups is 1. The summed E-state index contributed by atoms with van der Waals surface area (Å²) in [6, 6.07) is 7.95. The highest BCUT2D eigenvalue weighted by Gasteiger charge is 2.05. The summed E-state index contributed by atoms with van der Waals surface area (Å²) >= 11 is 1.72. The van der Waals surface area contributed by atoms with Crippen LogP contribution in [-0.4, -0.2) is 17.3 Å². The van der Waals surface area contributed by atoms with Gasteiger partial charge in [0.15, 0.2) is 5.78 Å². The van der Waals surface area contributed by atoms with Crippen LogP contribution >= 0.6 is 11.8 Å². The number of hydrogen-bond donors (Lipinski definition) is 0. The predicted octanol–water partition coefficient (Wildman–Crippen LogP) is 3.57. The Hall–Kier alpha value is -0.760. The molecule has 0 amide bonds. The summed E-state index contributed by atoms with van der Waals surface area (Å²) in [6.45, 7) is 4.24. The van der Waals surface area contributed by atoms with Crippen LogP contribution in [0.2, 0.25) is 0 Å². The van der Waals surface area contributed by atoms with Crippen molar-refractivity contribution >= 4 is 17.5 Å². The highest BCUT2D eigenvalue weighted by molar-refractivity contribution is 7.99. The van der Waals surface area contributed by atoms with E-state index in [9.17, 15) is 4.79 Å². The van der Waals surface area contributed by atoms with Gasteiger partial charge in [-0.3, -0.25) is 4.79 Å². The molecule has 1 aromatic rings. The zero-order valence-corrected chi connectivity index (χ0v) is 10.3. The van der Waals surface area contributed by atoms with Gasteiger partial charge in [0.25, 0.3) is 0 Å². The third-order valence-electron chi connectivity index (χ3n) is 2.24. The molecule has 0 saturated heterocycles. The molecule has 0 radical (unpaired) electrons. The monoisotopic (exact) mass is 222 g/mol. The lowest BCUT2D eigenvalue weighted by atomic mass is 10.1. The molecule has 0 unspecified atom stereocenters. The van der Waals surface area contributed by atoms with Crippen LogP contribution in [0.5, 0.6) is 0 Å². The maximum atomic E-state index is 11.8. The van der Waals surface area contributed by atoms with Gasteiger partial charge in [-0.15, -0.1) is 0 Å². The molecule has 0 bridgehead atoms. The SMILES string of the molecule is CCCSCC(=O)c1cccc(CC)c1. The number of aryl methyl sites for hydroxylation is 1. The highest BCUT2D eigenvalue weighted by Crippen LogP contribution is 2.10. The second-order valence-electron chi connectivity index (χ2n) is 3.53. The maximum Gasteiger partial charge on any atom is 0.172 e. The van der Waals surface area contributed by atoms with E-state index in [4.69, 9.17) is 0 Å². The molecule has 0 N–H and O–H groups in total. The molecule has 0 saturated carbocycles. The van der Waals surface area contributed by atoms with E-state index in [1.807, 2.05) is 18.2 Å². The fraction of sp³-hybridized carbons (Fsp3) is 0.462. The molecule has 82 valence electrons. The van der Waals surface area contributed by atoms with E-state index >= 15 is 0 Å². The molecule has 2 heteroatoms. The molecule has 0 aliphatic heterocycles. The Balaban J connectivity index is 2.57. The molecule has 1 nitrogen and oxygen atoms in total. The summed E-state index contributed by atoms with van der Waals surface area (Å²) in [5, 5.41) is 0. The Morgan fingerprint density at radius 1 is 1.33 bits per heavy atom. The van der Waals surface area contributed by atoms with E-state index in [1.165, 1.54) is 5.56 Å². The zero-order valence-electron chi connectivity index (χ0n) is 9.45. The number of thioether (sulfide) groups is 1. The van der Waals surface area contributed by atoms with Crippen molar-refractivity contribution in [1.29, 1.82) is 0 Å². The van der Waals surface area contributed by atoms with Crippen LogP contribution in [0.3, 0.4) is 0 Å². The Morgan fingerprint density at radius 3 is 2.80 bits per heavy atom. The number of Topliss-reactive ketones (excluding diaryl/α,β-unsaturated/α-hetero) is 1. The van der Waals surface area contributed by atoms with Crippen molar-refractivity contribution in [2.45, 2.75) is 26.7 Å². The van der Waals surface area contributed by atoms with E-state index in [0.29, 0.717) is 5.75 Å². The average Bonchev–Trinajstić information content (AvgIpc) is 2.29. The molecule has 0 aromatic heterocycles. The highest BCUT2D eigenvalue weighted by atomic mass is 32.2. The molecule has 0 atom stereocenters. The molecule has 0 heterocycles. The second-order valence-corrected chi connectivity index (χ2v) is 4.63. The minimum absolute atomic E-state index is 0.253. The summed E-state index contributed by atoms with van der Waals surface area (Å²) in [5.41, 5.74) is 2.10. The molecular formula is C13H18OS. The topological polar surface area (TPSA) is 17.1 Å². The average molecular weight is 222 g/mol. The van der Waals surface area contributed by atoms with Gasteiger partial charge in [0, 0.05) is 5.56 Å². The summed E-state index contributed by atoms with van der Waals surface area (Å²) in [4.78, 5) is 11.8. The van der Waals surface area contributed by atoms with Crippen LogP contribution in [0.15, 0.2) is 24.3 Å². The van der Waals surface area contributed by atoms with Gasteiger partial charge < -0.3 is 0 Å². The van der Waals surface area contributed by atoms with Crippen molar-refractivity contribution < 1.29 is 4.79 Å². The van der Waals surface area contributed by atoms with Crippen molar-refractivity contribution in [2.24, 2.45) is 0 Å². The Morgan fingerprint density at radius 2 is 2.13 bits per heavy atom. The van der Waals surface area contributed by atoms with Gasteiger partial charge in [0.05, 0.1) is 5.75 Å². The van der Waals surface area contributed by atoms with Gasteiger partial charge in [-0.2, -0.15) is 11.8 Å². The van der Waals surface area contributed by atoms with Crippen molar-refractivity contribution in [1.82, 2.24) is 0 Å². The minimum Gasteiger partial charge on any atom is -0.293 e. The van der Waals surface area contributed by atoms with Crippen molar-refractivity contribution in [3.63, 3.8) is 0 Å². The number of carbonyl (C=O) groups excluding carboxylic acids is 1. The second kappa shape index (κ2) is 6.67. The molecular weight excluding hydrogens is 204 g/mol. The van der Waals surface area contributed by atoms with Crippen LogP contribution in [0, 0.1) is 0 Å². The van der Waals surface area contributed by atoms with E-state index < -0.39 is 0 Å². The van der Waals surface area contributed by atoms with Crippen molar-refractivity contribution in [3.8, 4) is 0 Å². The first kappa shape index (κ1) is 12.3. The van der Waals surface area contributed by atoms with Gasteiger partial charge in [-0.1, -0.05) is 32.0 Å². The van der Waals surface area contributed by atoms with Crippen molar-refractivity contribution in [3.05, 3.63) is 35.4 Å². The van der Waals surface area contributed by atoms with Gasteiger partial charge in [0.2, 0.25) is 0 Å². The maximum absolute atomic E-state index is 11.8. The van der Waals surface area contributed by atoms with E-state index in [0.717, 1.165) is 24.2 Å². The third kappa shape index (κ3) is 4.08. The molecule has 0 aliphatic rings. The van der Waals surface area contributed by atoms with E-state index in [1.54, 1.807) is 11.8 Å². The normalized spacial score (nSPS) is 10.3. The lowest BCUT2D eigenvalue weighted by molar-refractivity contribution is 0.102. The first-order valence-electron chi connectivity index (χ1n) is 5.47. The molecule has 0 aliphatic carbocycles. The Kier molecular flexibility index (Phi) is 5.48. The van der Waals surface area contributed by atoms with E-state index in [-0.39, 0.29) is 5.78 Å². The fourth-order valence-corrected chi connectivity index (χ4v) is 2.14. The van der Waals surface area contributed by atoms with Gasteiger partial charge in [0.1, 0.15) is 0 Å². The summed E-state index contributed by atoms with van der Waals surface area (Å²) in [7, 11) is 0. The minimum atomic E-state index is 0.253. The molecule has 15 heavy (non-hydrogen) atoms. The van der Waals surface area contributed by atoms with Crippen LogP contribution in [0.25, 0.3) is 0 Å². The van der Waals surface area contributed by atoms with Gasteiger partial charge >= 0.3 is 0 Å². The van der Waals surface area contributed by atoms with E-state index in [2.05, 4.69) is 19.9 Å². The smallest absolute Gasteiger partial charge is 0.172 e. The largest absolute Gasteiger partial charge is 0.293 e. The molecule has 0 fully saturated rings. The summed E-state index contributed by atoms with van der Waals surface area (Å²) in [6.07, 6.45) is 2.12. The Labute approximate surface area is 96.3 Å². The molecule has 1 aromatic carbocycles. The lowest BCUT2D eigenvalue weighted by Gasteiger charge is -2.02. The zero-order chi connectivity index (χ0) is 11.1. The van der Waals surface area contributed by atoms with Crippen LogP contribution in [0.1, 0.15) is 36.2 Å². The molecule has 0 spiro atoms. The predicted molar refractivity (Wildman–Crippen MR) is 67.8 cm³/mol. The standard InChI is InChI=1S/C13H18OS/c1-3-8-15-10-13(14)12-7-5-6-11(4-2)9-12/h5-7,9H,3-4,8,10H2,1-2H3. The lowest BCUT2D eigenvalue weighted by Crippen LogP contribution is -2.03. The summed E-state index contributed by atoms with van der Waals surface area (Å²) in [5.74, 6) is 1.93. The number of rotatable bonds is 6. The van der Waals surface area contributed by atoms with Crippen LogP contribution in [0.4, 0.5) is 0 Å². The first-order valence-corrected chi connectivity index (χ1v) is 6.63. The van der Waals surface area contributed by atoms with Crippen LogP contribution in [-0.2, 0) is 6.42 Å². The molecule has 1 rings (SSSR count). The number of ketones is 1. The Bertz CT molecular complexity index is 320. The quantitative estimate of drug-likeness (QED) is 0.540. The fourth-order valence-electron chi connectivity index (χ4n) is 1.36.